The van der Waals surface area contributed by atoms with Crippen LogP contribution in [0.25, 0.3) is 10.9 Å². The van der Waals surface area contributed by atoms with E-state index >= 15 is 0 Å². The molecule has 2 heterocycles. The second-order valence-corrected chi connectivity index (χ2v) is 9.85. The monoisotopic (exact) mass is 493 g/mol. The minimum atomic E-state index is 0.140. The van der Waals surface area contributed by atoms with Gasteiger partial charge in [0.25, 0.3) is 0 Å². The van der Waals surface area contributed by atoms with Gasteiger partial charge >= 0.3 is 0 Å². The van der Waals surface area contributed by atoms with Crippen LogP contribution < -0.4 is 24.4 Å². The fourth-order valence-electron chi connectivity index (χ4n) is 4.83. The number of likely N-dealkylation sites (tertiary alicyclic amines) is 1. The van der Waals surface area contributed by atoms with Gasteiger partial charge < -0.3 is 24.4 Å². The zero-order chi connectivity index (χ0) is 25.8. The molecule has 194 valence electrons. The highest BCUT2D eigenvalue weighted by molar-refractivity contribution is 5.92. The number of anilines is 2. The molecule has 0 radical (unpaired) electrons. The number of methoxy groups -OCH3 is 2. The summed E-state index contributed by atoms with van der Waals surface area (Å²) in [5, 5.41) is 4.64. The molecular weight excluding hydrogens is 454 g/mol. The van der Waals surface area contributed by atoms with E-state index in [1.807, 2.05) is 19.1 Å². The highest BCUT2D eigenvalue weighted by atomic mass is 16.5. The second-order valence-electron chi connectivity index (χ2n) is 9.85. The highest BCUT2D eigenvalue weighted by Crippen LogP contribution is 2.35. The van der Waals surface area contributed by atoms with Crippen molar-refractivity contribution in [2.45, 2.75) is 52.3 Å². The predicted molar refractivity (Wildman–Crippen MR) is 146 cm³/mol. The second kappa shape index (κ2) is 11.2. The molecule has 0 spiro atoms. The van der Waals surface area contributed by atoms with Crippen LogP contribution in [0.15, 0.2) is 30.3 Å². The number of benzene rings is 2. The summed E-state index contributed by atoms with van der Waals surface area (Å²) in [4.78, 5) is 14.0. The van der Waals surface area contributed by atoms with E-state index in [4.69, 9.17) is 19.2 Å². The molecule has 8 heteroatoms. The number of hydrogen-bond acceptors (Lipinski definition) is 8. The number of piperidine rings is 1. The Kier molecular flexibility index (Phi) is 8.04. The lowest BCUT2D eigenvalue weighted by molar-refractivity contribution is 0.200. The zero-order valence-corrected chi connectivity index (χ0v) is 22.6. The van der Waals surface area contributed by atoms with Crippen molar-refractivity contribution in [3.63, 3.8) is 0 Å². The van der Waals surface area contributed by atoms with Gasteiger partial charge in [-0.3, -0.25) is 4.90 Å². The van der Waals surface area contributed by atoms with E-state index < -0.39 is 0 Å². The number of fused-ring (bicyclic) bond motifs is 1. The number of ether oxygens (including phenoxy) is 3. The molecule has 3 aromatic rings. The molecule has 0 bridgehead atoms. The third-order valence-corrected chi connectivity index (χ3v) is 6.58. The molecule has 36 heavy (non-hydrogen) atoms. The Bertz CT molecular complexity index is 1190. The van der Waals surface area contributed by atoms with Crippen LogP contribution in [0.4, 0.5) is 11.5 Å². The predicted octanol–water partition coefficient (Wildman–Crippen LogP) is 4.89. The molecule has 1 saturated heterocycles. The number of aromatic nitrogens is 2. The quantitative estimate of drug-likeness (QED) is 0.452. The lowest BCUT2D eigenvalue weighted by Crippen LogP contribution is -2.39. The van der Waals surface area contributed by atoms with Crippen LogP contribution in [0.3, 0.4) is 0 Å². The molecule has 1 N–H and O–H groups in total. The Morgan fingerprint density at radius 3 is 2.36 bits per heavy atom. The topological polar surface area (TPSA) is 72.0 Å². The first kappa shape index (κ1) is 25.8. The fourth-order valence-corrected chi connectivity index (χ4v) is 4.83. The van der Waals surface area contributed by atoms with Gasteiger partial charge in [-0.2, -0.15) is 0 Å². The van der Waals surface area contributed by atoms with Crippen LogP contribution in [0, 0.1) is 6.92 Å². The number of nitrogens with one attached hydrogen (secondary N) is 1. The van der Waals surface area contributed by atoms with Crippen molar-refractivity contribution in [3.05, 3.63) is 41.7 Å². The Hall–Kier alpha value is -3.26. The Labute approximate surface area is 214 Å². The molecule has 8 nitrogen and oxygen atoms in total. The molecule has 4 rings (SSSR count). The lowest BCUT2D eigenvalue weighted by atomic mass is 10.0. The summed E-state index contributed by atoms with van der Waals surface area (Å²) in [6, 6.07) is 10.5. The van der Waals surface area contributed by atoms with Gasteiger partial charge in [-0.05, 0) is 51.8 Å². The summed E-state index contributed by atoms with van der Waals surface area (Å²) < 4.78 is 17.2. The van der Waals surface area contributed by atoms with Crippen LogP contribution >= 0.6 is 0 Å². The van der Waals surface area contributed by atoms with Crippen molar-refractivity contribution >= 4 is 22.4 Å². The van der Waals surface area contributed by atoms with E-state index in [0.717, 1.165) is 60.8 Å². The molecule has 1 aliphatic heterocycles. The largest absolute Gasteiger partial charge is 0.493 e. The van der Waals surface area contributed by atoms with Crippen LogP contribution in [0.5, 0.6) is 17.2 Å². The SMILES string of the molecule is COc1cc2nc(C)nc(NC3CCN(Cc4c(OC(C)C)cccc4N(C)C)CC3)c2cc1OC. The Morgan fingerprint density at radius 2 is 1.72 bits per heavy atom. The standard InChI is InChI=1S/C28H39N5O3/c1-18(2)36-25-10-8-9-24(32(4)5)22(25)17-33-13-11-20(12-14-33)31-28-21-15-26(34-6)27(35-7)16-23(21)29-19(3)30-28/h8-10,15-16,18,20H,11-14,17H2,1-7H3,(H,29,30,31). The first-order chi connectivity index (χ1) is 17.3. The molecule has 2 aromatic carbocycles. The minimum absolute atomic E-state index is 0.140. The zero-order valence-electron chi connectivity index (χ0n) is 22.6. The maximum atomic E-state index is 6.17. The van der Waals surface area contributed by atoms with Gasteiger partial charge in [-0.15, -0.1) is 0 Å². The van der Waals surface area contributed by atoms with Crippen LogP contribution in [0.2, 0.25) is 0 Å². The molecule has 0 saturated carbocycles. The smallest absolute Gasteiger partial charge is 0.162 e. The van der Waals surface area contributed by atoms with Crippen LogP contribution in [-0.2, 0) is 6.54 Å². The molecule has 1 aromatic heterocycles. The molecule has 0 unspecified atom stereocenters. The van der Waals surface area contributed by atoms with Gasteiger partial charge in [-0.1, -0.05) is 6.07 Å². The van der Waals surface area contributed by atoms with Crippen molar-refractivity contribution < 1.29 is 14.2 Å². The summed E-state index contributed by atoms with van der Waals surface area (Å²) in [6.07, 6.45) is 2.20. The normalized spacial score (nSPS) is 14.8. The lowest BCUT2D eigenvalue weighted by Gasteiger charge is -2.34. The number of rotatable bonds is 9. The summed E-state index contributed by atoms with van der Waals surface area (Å²) in [6.45, 7) is 8.94. The molecule has 1 fully saturated rings. The van der Waals surface area contributed by atoms with Crippen LogP contribution in [-0.4, -0.2) is 68.4 Å². The molecule has 0 aliphatic carbocycles. The summed E-state index contributed by atoms with van der Waals surface area (Å²) in [7, 11) is 7.46. The summed E-state index contributed by atoms with van der Waals surface area (Å²) >= 11 is 0. The van der Waals surface area contributed by atoms with E-state index in [1.165, 1.54) is 11.3 Å². The first-order valence-corrected chi connectivity index (χ1v) is 12.6. The van der Waals surface area contributed by atoms with E-state index in [0.29, 0.717) is 17.5 Å². The van der Waals surface area contributed by atoms with Gasteiger partial charge in [0.15, 0.2) is 11.5 Å². The Balaban J connectivity index is 1.48. The van der Waals surface area contributed by atoms with Gasteiger partial charge in [-0.25, -0.2) is 9.97 Å². The van der Waals surface area contributed by atoms with Gasteiger partial charge in [0, 0.05) is 62.5 Å². The average Bonchev–Trinajstić information content (AvgIpc) is 2.84. The van der Waals surface area contributed by atoms with Crippen molar-refractivity contribution in [1.82, 2.24) is 14.9 Å². The third kappa shape index (κ3) is 5.75. The summed E-state index contributed by atoms with van der Waals surface area (Å²) in [5.41, 5.74) is 3.31. The van der Waals surface area contributed by atoms with Crippen molar-refractivity contribution in [1.29, 1.82) is 0 Å². The van der Waals surface area contributed by atoms with E-state index in [-0.39, 0.29) is 6.10 Å². The number of hydrogen-bond donors (Lipinski definition) is 1. The molecule has 0 atom stereocenters. The van der Waals surface area contributed by atoms with Crippen molar-refractivity contribution in [3.8, 4) is 17.2 Å². The maximum Gasteiger partial charge on any atom is 0.162 e. The van der Waals surface area contributed by atoms with Gasteiger partial charge in [0.1, 0.15) is 17.4 Å². The van der Waals surface area contributed by atoms with E-state index in [2.05, 4.69) is 66.2 Å². The fraction of sp³-hybridized carbons (Fsp3) is 0.500. The van der Waals surface area contributed by atoms with E-state index in [1.54, 1.807) is 14.2 Å². The Morgan fingerprint density at radius 1 is 1.03 bits per heavy atom. The van der Waals surface area contributed by atoms with Gasteiger partial charge in [0.2, 0.25) is 0 Å². The highest BCUT2D eigenvalue weighted by Gasteiger charge is 2.23. The molecule has 1 aliphatic rings. The number of nitrogens with zero attached hydrogens (tertiary/aromatic N) is 4. The first-order valence-electron chi connectivity index (χ1n) is 12.6. The molecular formula is C28H39N5O3. The van der Waals surface area contributed by atoms with Gasteiger partial charge in [0.05, 0.1) is 25.8 Å². The maximum absolute atomic E-state index is 6.17. The van der Waals surface area contributed by atoms with Crippen LogP contribution in [0.1, 0.15) is 38.1 Å². The average molecular weight is 494 g/mol. The minimum Gasteiger partial charge on any atom is -0.493 e. The third-order valence-electron chi connectivity index (χ3n) is 6.58. The summed E-state index contributed by atoms with van der Waals surface area (Å²) in [5.74, 6) is 3.90. The van der Waals surface area contributed by atoms with E-state index in [9.17, 15) is 0 Å². The van der Waals surface area contributed by atoms with Crippen molar-refractivity contribution in [2.24, 2.45) is 0 Å². The number of aryl methyl sites for hydroxylation is 1. The molecule has 0 amide bonds. The van der Waals surface area contributed by atoms with Crippen molar-refractivity contribution in [2.75, 3.05) is 51.6 Å².